The predicted octanol–water partition coefficient (Wildman–Crippen LogP) is 2.53. The number of nitrogens with zero attached hydrogens (tertiary/aromatic N) is 2. The van der Waals surface area contributed by atoms with Crippen LogP contribution in [0.3, 0.4) is 0 Å². The Hall–Kier alpha value is -1.25. The highest BCUT2D eigenvalue weighted by Crippen LogP contribution is 2.05. The minimum Gasteiger partial charge on any atom is -0.356 e. The molecule has 14 heavy (non-hydrogen) atoms. The van der Waals surface area contributed by atoms with Gasteiger partial charge in [0, 0.05) is 25.5 Å². The molecular formula is C11H19N3. The van der Waals surface area contributed by atoms with E-state index >= 15 is 0 Å². The molecule has 1 rings (SSSR count). The van der Waals surface area contributed by atoms with Crippen LogP contribution in [0.5, 0.6) is 0 Å². The summed E-state index contributed by atoms with van der Waals surface area (Å²) in [5, 5.41) is 3.31. The van der Waals surface area contributed by atoms with Gasteiger partial charge in [0.25, 0.3) is 0 Å². The molecule has 0 spiro atoms. The van der Waals surface area contributed by atoms with E-state index in [0.717, 1.165) is 25.0 Å². The number of aromatic nitrogens is 2. The van der Waals surface area contributed by atoms with Crippen LogP contribution in [0.25, 0.3) is 0 Å². The van der Waals surface area contributed by atoms with Crippen LogP contribution in [0, 0.1) is 5.92 Å². The summed E-state index contributed by atoms with van der Waals surface area (Å²) in [6, 6.07) is 0. The SMILES string of the molecule is C=CCn1ccnc1NCCC(C)C. The standard InChI is InChI=1S/C11H19N3/c1-4-8-14-9-7-13-11(14)12-6-5-10(2)3/h4,7,9-10H,1,5-6,8H2,2-3H3,(H,12,13). The predicted molar refractivity (Wildman–Crippen MR) is 60.4 cm³/mol. The third-order valence-corrected chi connectivity index (χ3v) is 2.05. The van der Waals surface area contributed by atoms with Gasteiger partial charge in [0.1, 0.15) is 0 Å². The summed E-state index contributed by atoms with van der Waals surface area (Å²) in [5.74, 6) is 1.66. The Morgan fingerprint density at radius 3 is 3.07 bits per heavy atom. The van der Waals surface area contributed by atoms with Crippen LogP contribution < -0.4 is 5.32 Å². The van der Waals surface area contributed by atoms with Crippen molar-refractivity contribution in [3.8, 4) is 0 Å². The molecule has 0 fully saturated rings. The van der Waals surface area contributed by atoms with E-state index in [9.17, 15) is 0 Å². The van der Waals surface area contributed by atoms with Crippen molar-refractivity contribution in [2.24, 2.45) is 5.92 Å². The lowest BCUT2D eigenvalue weighted by molar-refractivity contribution is 0.604. The number of imidazole rings is 1. The smallest absolute Gasteiger partial charge is 0.203 e. The molecule has 1 aromatic rings. The fourth-order valence-corrected chi connectivity index (χ4v) is 1.24. The molecule has 0 aliphatic rings. The van der Waals surface area contributed by atoms with Gasteiger partial charge in [-0.05, 0) is 12.3 Å². The van der Waals surface area contributed by atoms with Gasteiger partial charge in [-0.1, -0.05) is 19.9 Å². The lowest BCUT2D eigenvalue weighted by Crippen LogP contribution is -2.09. The number of nitrogens with one attached hydrogen (secondary N) is 1. The van der Waals surface area contributed by atoms with E-state index in [1.165, 1.54) is 6.42 Å². The molecule has 78 valence electrons. The Morgan fingerprint density at radius 1 is 1.64 bits per heavy atom. The van der Waals surface area contributed by atoms with Gasteiger partial charge in [-0.15, -0.1) is 6.58 Å². The van der Waals surface area contributed by atoms with E-state index in [2.05, 4.69) is 30.7 Å². The lowest BCUT2D eigenvalue weighted by atomic mass is 10.1. The van der Waals surface area contributed by atoms with Crippen molar-refractivity contribution in [3.63, 3.8) is 0 Å². The number of hydrogen-bond acceptors (Lipinski definition) is 2. The van der Waals surface area contributed by atoms with Crippen molar-refractivity contribution >= 4 is 5.95 Å². The van der Waals surface area contributed by atoms with E-state index in [0.29, 0.717) is 0 Å². The van der Waals surface area contributed by atoms with Gasteiger partial charge in [-0.3, -0.25) is 0 Å². The first-order valence-electron chi connectivity index (χ1n) is 5.10. The quantitative estimate of drug-likeness (QED) is 0.703. The van der Waals surface area contributed by atoms with Crippen molar-refractivity contribution < 1.29 is 0 Å². The first kappa shape index (κ1) is 10.8. The molecule has 0 atom stereocenters. The zero-order chi connectivity index (χ0) is 10.4. The van der Waals surface area contributed by atoms with Crippen molar-refractivity contribution in [3.05, 3.63) is 25.0 Å². The van der Waals surface area contributed by atoms with Crippen molar-refractivity contribution in [2.45, 2.75) is 26.8 Å². The highest BCUT2D eigenvalue weighted by molar-refractivity contribution is 5.25. The summed E-state index contributed by atoms with van der Waals surface area (Å²) in [6.07, 6.45) is 6.80. The van der Waals surface area contributed by atoms with Crippen molar-refractivity contribution in [1.29, 1.82) is 0 Å². The molecule has 0 unspecified atom stereocenters. The molecule has 1 N–H and O–H groups in total. The largest absolute Gasteiger partial charge is 0.356 e. The molecule has 1 heterocycles. The van der Waals surface area contributed by atoms with Gasteiger partial charge < -0.3 is 9.88 Å². The van der Waals surface area contributed by atoms with Gasteiger partial charge in [0.2, 0.25) is 5.95 Å². The highest BCUT2D eigenvalue weighted by Gasteiger charge is 2.00. The van der Waals surface area contributed by atoms with E-state index in [4.69, 9.17) is 0 Å². The average molecular weight is 193 g/mol. The number of allylic oxidation sites excluding steroid dienone is 1. The Morgan fingerprint density at radius 2 is 2.43 bits per heavy atom. The van der Waals surface area contributed by atoms with Crippen LogP contribution in [0.15, 0.2) is 25.0 Å². The van der Waals surface area contributed by atoms with Crippen LogP contribution in [0.1, 0.15) is 20.3 Å². The summed E-state index contributed by atoms with van der Waals surface area (Å²) in [6.45, 7) is 9.94. The summed E-state index contributed by atoms with van der Waals surface area (Å²) >= 11 is 0. The third kappa shape index (κ3) is 3.24. The molecule has 0 saturated carbocycles. The maximum Gasteiger partial charge on any atom is 0.203 e. The molecule has 0 bridgehead atoms. The first-order chi connectivity index (χ1) is 6.74. The van der Waals surface area contributed by atoms with Crippen LogP contribution in [-0.4, -0.2) is 16.1 Å². The van der Waals surface area contributed by atoms with Gasteiger partial charge in [0.15, 0.2) is 0 Å². The normalized spacial score (nSPS) is 10.5. The van der Waals surface area contributed by atoms with Crippen molar-refractivity contribution in [2.75, 3.05) is 11.9 Å². The third-order valence-electron chi connectivity index (χ3n) is 2.05. The fourth-order valence-electron chi connectivity index (χ4n) is 1.24. The second kappa shape index (κ2) is 5.47. The number of anilines is 1. The molecule has 3 heteroatoms. The first-order valence-corrected chi connectivity index (χ1v) is 5.10. The number of hydrogen-bond donors (Lipinski definition) is 1. The summed E-state index contributed by atoms with van der Waals surface area (Å²) in [7, 11) is 0. The Kier molecular flexibility index (Phi) is 4.23. The molecule has 0 radical (unpaired) electrons. The molecule has 0 aliphatic heterocycles. The van der Waals surface area contributed by atoms with E-state index in [1.54, 1.807) is 6.20 Å². The molecule has 0 saturated heterocycles. The maximum atomic E-state index is 4.24. The van der Waals surface area contributed by atoms with Crippen LogP contribution in [0.2, 0.25) is 0 Å². The summed E-state index contributed by atoms with van der Waals surface area (Å²) < 4.78 is 2.05. The van der Waals surface area contributed by atoms with E-state index in [1.807, 2.05) is 16.8 Å². The Labute approximate surface area is 85.8 Å². The van der Waals surface area contributed by atoms with Gasteiger partial charge in [-0.2, -0.15) is 0 Å². The Bertz CT molecular complexity index is 276. The zero-order valence-electron chi connectivity index (χ0n) is 9.03. The summed E-state index contributed by atoms with van der Waals surface area (Å²) in [4.78, 5) is 4.24. The fraction of sp³-hybridized carbons (Fsp3) is 0.545. The van der Waals surface area contributed by atoms with Crippen LogP contribution >= 0.6 is 0 Å². The van der Waals surface area contributed by atoms with Gasteiger partial charge >= 0.3 is 0 Å². The van der Waals surface area contributed by atoms with E-state index in [-0.39, 0.29) is 0 Å². The Balaban J connectivity index is 2.41. The minimum absolute atomic E-state index is 0.727. The molecule has 1 aromatic heterocycles. The summed E-state index contributed by atoms with van der Waals surface area (Å²) in [5.41, 5.74) is 0. The van der Waals surface area contributed by atoms with Crippen LogP contribution in [0.4, 0.5) is 5.95 Å². The van der Waals surface area contributed by atoms with Crippen LogP contribution in [-0.2, 0) is 6.54 Å². The minimum atomic E-state index is 0.727. The second-order valence-corrected chi connectivity index (χ2v) is 3.80. The van der Waals surface area contributed by atoms with E-state index < -0.39 is 0 Å². The maximum absolute atomic E-state index is 4.24. The van der Waals surface area contributed by atoms with Crippen molar-refractivity contribution in [1.82, 2.24) is 9.55 Å². The molecule has 0 aliphatic carbocycles. The number of rotatable bonds is 6. The molecular weight excluding hydrogens is 174 g/mol. The monoisotopic (exact) mass is 193 g/mol. The zero-order valence-corrected chi connectivity index (χ0v) is 9.03. The molecule has 3 nitrogen and oxygen atoms in total. The van der Waals surface area contributed by atoms with Gasteiger partial charge in [0.05, 0.1) is 0 Å². The second-order valence-electron chi connectivity index (χ2n) is 3.80. The highest BCUT2D eigenvalue weighted by atomic mass is 15.2. The molecule has 0 amide bonds. The molecule has 0 aromatic carbocycles. The van der Waals surface area contributed by atoms with Gasteiger partial charge in [-0.25, -0.2) is 4.98 Å². The average Bonchev–Trinajstić information content (AvgIpc) is 2.53. The lowest BCUT2D eigenvalue weighted by Gasteiger charge is -2.09. The topological polar surface area (TPSA) is 29.9 Å².